The van der Waals surface area contributed by atoms with Gasteiger partial charge in [-0.2, -0.15) is 0 Å². The maximum Gasteiger partial charge on any atom is 2.00 e. The van der Waals surface area contributed by atoms with Crippen LogP contribution in [0.15, 0.2) is 0 Å². The van der Waals surface area contributed by atoms with Gasteiger partial charge in [-0.05, 0) is 0 Å². The summed E-state index contributed by atoms with van der Waals surface area (Å²) in [7, 11) is 0. The minimum absolute atomic E-state index is 0. The minimum Gasteiger partial charge on any atom is -2.00 e. The molecule has 0 atom stereocenters. The maximum atomic E-state index is 0. The third-order valence-corrected chi connectivity index (χ3v) is 0. The van der Waals surface area contributed by atoms with Crippen LogP contribution in [0.5, 0.6) is 0 Å². The second-order valence-corrected chi connectivity index (χ2v) is 0. The molecule has 0 saturated carbocycles. The van der Waals surface area contributed by atoms with Gasteiger partial charge in [-0.3, -0.25) is 0 Å². The molecule has 0 N–H and O–H groups in total. The molecule has 1 radical (unpaired) electrons. The largest absolute Gasteiger partial charge is 2.00 e. The molecule has 0 aliphatic heterocycles. The summed E-state index contributed by atoms with van der Waals surface area (Å²) in [6.07, 6.45) is 0. The Morgan fingerprint density at radius 2 is 1.25 bits per heavy atom. The summed E-state index contributed by atoms with van der Waals surface area (Å²) < 4.78 is 0. The number of hydrogen-bond acceptors (Lipinski definition) is 0. The van der Waals surface area contributed by atoms with Gasteiger partial charge < -0.3 is 6.90 Å². The van der Waals surface area contributed by atoms with Crippen LogP contribution in [0.25, 0.3) is 0 Å². The van der Waals surface area contributed by atoms with Crippen molar-refractivity contribution < 1.29 is 42.8 Å². The van der Waals surface area contributed by atoms with Crippen molar-refractivity contribution in [2.24, 2.45) is 0 Å². The first kappa shape index (κ1) is 72.8. The first-order valence-corrected chi connectivity index (χ1v) is 0. The normalized spacial score (nSPS) is 0. The second-order valence-electron chi connectivity index (χ2n) is 0. The Bertz CT molecular complexity index is 11.6. The number of hydrogen-bond donors (Lipinski definition) is 0. The summed E-state index contributed by atoms with van der Waals surface area (Å²) in [5, 5.41) is 0. The van der Waals surface area contributed by atoms with Gasteiger partial charge in [-0.1, -0.05) is 7.43 Å². The molecule has 0 bridgehead atoms. The van der Waals surface area contributed by atoms with Crippen molar-refractivity contribution in [3.8, 4) is 0 Å². The fraction of sp³-hybridized carbons (Fsp3) is 1.00. The summed E-state index contributed by atoms with van der Waals surface area (Å²) in [6, 6.07) is 0. The van der Waals surface area contributed by atoms with Crippen LogP contribution < -0.4 is 18.9 Å². The predicted octanol–water partition coefficient (Wildman–Crippen LogP) is -2.37. The molecule has 0 aromatic carbocycles. The molecule has 0 saturated heterocycles. The van der Waals surface area contributed by atoms with Gasteiger partial charge in [0.15, 0.2) is 0 Å². The summed E-state index contributed by atoms with van der Waals surface area (Å²) in [6.45, 7) is 0. The molecule has 0 aromatic heterocycles. The molecule has 23 valence electrons. The summed E-state index contributed by atoms with van der Waals surface area (Å²) >= 11 is 0. The Hall–Kier alpha value is 1.08. The topological polar surface area (TPSA) is 28.5 Å². The van der Waals surface area contributed by atoms with Crippen molar-refractivity contribution in [1.29, 1.82) is 0 Å². The summed E-state index contributed by atoms with van der Waals surface area (Å²) in [4.78, 5) is 0. The van der Waals surface area contributed by atoms with Crippen LogP contribution in [0, 0.1) is 0 Å². The van der Waals surface area contributed by atoms with E-state index in [0.717, 1.165) is 0 Å². The Labute approximate surface area is 50.6 Å². The van der Waals surface area contributed by atoms with Crippen LogP contribution in [0.4, 0.5) is 0 Å². The van der Waals surface area contributed by atoms with Crippen LogP contribution in [0.2, 0.25) is 0 Å². The molecular weight excluding hydrogens is 89.9 g/mol. The van der Waals surface area contributed by atoms with Crippen molar-refractivity contribution in [2.45, 2.75) is 7.43 Å². The third kappa shape index (κ3) is 11.4. The molecule has 4 heavy (non-hydrogen) atoms. The average molecular weight is 94.9 g/mol. The van der Waals surface area contributed by atoms with E-state index < -0.39 is 0 Å². The second kappa shape index (κ2) is 33.3. The van der Waals surface area contributed by atoms with E-state index in [1.54, 1.807) is 0 Å². The minimum atomic E-state index is 0. The maximum absolute atomic E-state index is 0. The van der Waals surface area contributed by atoms with Crippen LogP contribution in [0.3, 0.4) is 0 Å². The van der Waals surface area contributed by atoms with Crippen LogP contribution in [0.1, 0.15) is 8.85 Å². The zero-order valence-electron chi connectivity index (χ0n) is 2.79. The fourth-order valence-corrected chi connectivity index (χ4v) is 0. The number of rotatable bonds is 0. The van der Waals surface area contributed by atoms with Gasteiger partial charge in [0.2, 0.25) is 0 Å². The molecular formula is CH5LiMnO. The van der Waals surface area contributed by atoms with E-state index in [0.29, 0.717) is 0 Å². The van der Waals surface area contributed by atoms with Gasteiger partial charge in [0, 0.05) is 0 Å². The van der Waals surface area contributed by atoms with Crippen molar-refractivity contribution in [3.05, 3.63) is 0 Å². The van der Waals surface area contributed by atoms with E-state index >= 15 is 0 Å². The van der Waals surface area contributed by atoms with Gasteiger partial charge in [0.1, 0.15) is 0 Å². The van der Waals surface area contributed by atoms with E-state index in [1.165, 1.54) is 0 Å². The quantitative estimate of drug-likeness (QED) is 0.301. The first-order chi connectivity index (χ1) is 0. The smallest absolute Gasteiger partial charge is 2.00 e. The van der Waals surface area contributed by atoms with E-state index in [1.807, 2.05) is 0 Å². The van der Waals surface area contributed by atoms with Crippen LogP contribution in [-0.2, 0) is 22.5 Å². The molecule has 0 unspecified atom stereocenters. The van der Waals surface area contributed by atoms with E-state index in [9.17, 15) is 0 Å². The SMILES string of the molecule is C.[H-].[Li+].[Mn+2].[O-2]. The zero-order chi connectivity index (χ0) is 0. The van der Waals surface area contributed by atoms with E-state index in [4.69, 9.17) is 0 Å². The Kier molecular flexibility index (Phi) is 605. The molecule has 3 heteroatoms. The Morgan fingerprint density at radius 3 is 1.25 bits per heavy atom. The van der Waals surface area contributed by atoms with Crippen LogP contribution in [-0.4, -0.2) is 0 Å². The average Bonchev–Trinajstić information content (AvgIpc) is 0. The first-order valence-electron chi connectivity index (χ1n) is 0. The van der Waals surface area contributed by atoms with E-state index in [2.05, 4.69) is 0 Å². The molecule has 1 nitrogen and oxygen atoms in total. The van der Waals surface area contributed by atoms with Gasteiger partial charge in [-0.15, -0.1) is 0 Å². The Morgan fingerprint density at radius 1 is 1.25 bits per heavy atom. The van der Waals surface area contributed by atoms with Gasteiger partial charge >= 0.3 is 35.9 Å². The molecule has 0 rings (SSSR count). The Balaban J connectivity index is 0. The summed E-state index contributed by atoms with van der Waals surface area (Å²) in [5.74, 6) is 0. The monoisotopic (exact) mass is 95.0 g/mol. The van der Waals surface area contributed by atoms with Gasteiger partial charge in [0.05, 0.1) is 0 Å². The molecule has 0 spiro atoms. The molecule has 0 amide bonds. The van der Waals surface area contributed by atoms with Crippen molar-refractivity contribution in [3.63, 3.8) is 0 Å². The van der Waals surface area contributed by atoms with Crippen LogP contribution >= 0.6 is 0 Å². The standard InChI is InChI=1S/CH4.Li.Mn.O.H/h1H4;;;;/q;+1;+2;-2;-1. The van der Waals surface area contributed by atoms with E-state index in [-0.39, 0.29) is 50.3 Å². The van der Waals surface area contributed by atoms with Gasteiger partial charge in [0.25, 0.3) is 0 Å². The van der Waals surface area contributed by atoms with Crippen molar-refractivity contribution in [2.75, 3.05) is 0 Å². The fourth-order valence-electron chi connectivity index (χ4n) is 0. The molecule has 0 aromatic rings. The predicted molar refractivity (Wildman–Crippen MR) is 8.53 cm³/mol. The van der Waals surface area contributed by atoms with Crippen molar-refractivity contribution in [1.82, 2.24) is 0 Å². The third-order valence-electron chi connectivity index (χ3n) is 0. The molecule has 0 aliphatic rings. The summed E-state index contributed by atoms with van der Waals surface area (Å²) in [5.41, 5.74) is 0. The van der Waals surface area contributed by atoms with Crippen molar-refractivity contribution >= 4 is 0 Å². The molecule has 0 fully saturated rings. The zero-order valence-corrected chi connectivity index (χ0v) is 2.97. The molecule has 0 aliphatic carbocycles. The molecule has 0 heterocycles. The van der Waals surface area contributed by atoms with Gasteiger partial charge in [-0.25, -0.2) is 0 Å².